The van der Waals surface area contributed by atoms with Crippen molar-refractivity contribution in [2.45, 2.75) is 37.8 Å². The molecule has 0 spiro atoms. The molecule has 1 saturated heterocycles. The number of nitrogens with one attached hydrogen (secondary N) is 1. The van der Waals surface area contributed by atoms with Crippen LogP contribution < -0.4 is 0 Å². The molecule has 1 aromatic heterocycles. The molecule has 5 rings (SSSR count). The summed E-state index contributed by atoms with van der Waals surface area (Å²) in [5.41, 5.74) is 3.85. The number of nitrogens with zero attached hydrogens (tertiary/aromatic N) is 1. The average molecular weight is 340 g/mol. The molecule has 1 aliphatic carbocycles. The molecular formula is C20H24N2O3. The van der Waals surface area contributed by atoms with Gasteiger partial charge in [0.15, 0.2) is 0 Å². The van der Waals surface area contributed by atoms with E-state index in [4.69, 9.17) is 0 Å². The summed E-state index contributed by atoms with van der Waals surface area (Å²) in [6.07, 6.45) is 2.75. The number of hydrogen-bond acceptors (Lipinski definition) is 3. The molecule has 0 bridgehead atoms. The van der Waals surface area contributed by atoms with Crippen LogP contribution in [0.3, 0.4) is 0 Å². The molecule has 2 aliphatic heterocycles. The molecule has 132 valence electrons. The number of fused-ring (bicyclic) bond motifs is 6. The van der Waals surface area contributed by atoms with Crippen molar-refractivity contribution in [2.75, 3.05) is 13.1 Å². The summed E-state index contributed by atoms with van der Waals surface area (Å²) >= 11 is 0. The Hall–Kier alpha value is -1.85. The minimum atomic E-state index is -0.830. The van der Waals surface area contributed by atoms with Gasteiger partial charge in [-0.1, -0.05) is 18.2 Å². The van der Waals surface area contributed by atoms with Crippen LogP contribution in [0.25, 0.3) is 10.9 Å². The lowest BCUT2D eigenvalue weighted by molar-refractivity contribution is -0.156. The van der Waals surface area contributed by atoms with E-state index in [1.807, 2.05) is 0 Å². The molecular weight excluding hydrogens is 316 g/mol. The summed E-state index contributed by atoms with van der Waals surface area (Å²) in [5, 5.41) is 21.3. The van der Waals surface area contributed by atoms with Crippen LogP contribution >= 0.6 is 0 Å². The Morgan fingerprint density at radius 1 is 1.24 bits per heavy atom. The lowest BCUT2D eigenvalue weighted by atomic mass is 9.65. The maximum Gasteiger partial charge on any atom is 0.309 e. The molecule has 0 unspecified atom stereocenters. The van der Waals surface area contributed by atoms with Crippen molar-refractivity contribution < 1.29 is 15.0 Å². The maximum absolute atomic E-state index is 11.8. The molecule has 0 radical (unpaired) electrons. The summed E-state index contributed by atoms with van der Waals surface area (Å²) in [4.78, 5) is 17.9. The largest absolute Gasteiger partial charge is 0.481 e. The van der Waals surface area contributed by atoms with Crippen LogP contribution in [0.2, 0.25) is 0 Å². The molecule has 3 aliphatic rings. The van der Waals surface area contributed by atoms with E-state index in [-0.39, 0.29) is 12.0 Å². The number of aromatic amines is 1. The van der Waals surface area contributed by atoms with Gasteiger partial charge in [-0.3, -0.25) is 9.69 Å². The second kappa shape index (κ2) is 5.58. The number of piperidine rings is 1. The SMILES string of the molecule is O=C(O)[C@H]1[C@H]2C[C@@H]3c4[nH]c5ccccc5c4CCN3C[C@H]2CC[C@H]1O. The third-order valence-corrected chi connectivity index (χ3v) is 6.83. The Morgan fingerprint density at radius 3 is 2.92 bits per heavy atom. The van der Waals surface area contributed by atoms with Gasteiger partial charge in [0.2, 0.25) is 0 Å². The Kier molecular flexibility index (Phi) is 3.44. The number of carboxylic acid groups (broad SMARTS) is 1. The van der Waals surface area contributed by atoms with Crippen LogP contribution in [0.5, 0.6) is 0 Å². The molecule has 5 nitrogen and oxygen atoms in total. The first-order chi connectivity index (χ1) is 12.1. The Bertz CT molecular complexity index is 829. The van der Waals surface area contributed by atoms with E-state index in [2.05, 4.69) is 34.1 Å². The minimum Gasteiger partial charge on any atom is -0.481 e. The van der Waals surface area contributed by atoms with E-state index < -0.39 is 18.0 Å². The highest BCUT2D eigenvalue weighted by atomic mass is 16.4. The maximum atomic E-state index is 11.8. The summed E-state index contributed by atoms with van der Waals surface area (Å²) in [6, 6.07) is 8.68. The van der Waals surface area contributed by atoms with E-state index in [1.165, 1.54) is 22.2 Å². The zero-order chi connectivity index (χ0) is 17.1. The highest BCUT2D eigenvalue weighted by Crippen LogP contribution is 2.49. The predicted molar refractivity (Wildman–Crippen MR) is 94.3 cm³/mol. The van der Waals surface area contributed by atoms with Crippen molar-refractivity contribution in [3.8, 4) is 0 Å². The smallest absolute Gasteiger partial charge is 0.309 e. The normalized spacial score (nSPS) is 35.0. The lowest BCUT2D eigenvalue weighted by Gasteiger charge is -2.50. The van der Waals surface area contributed by atoms with E-state index in [9.17, 15) is 15.0 Å². The molecule has 2 fully saturated rings. The summed E-state index contributed by atoms with van der Waals surface area (Å²) in [5.74, 6) is -0.981. The van der Waals surface area contributed by atoms with Crippen molar-refractivity contribution in [3.05, 3.63) is 35.5 Å². The summed E-state index contributed by atoms with van der Waals surface area (Å²) in [6.45, 7) is 2.00. The molecule has 1 saturated carbocycles. The fourth-order valence-corrected chi connectivity index (χ4v) is 5.68. The van der Waals surface area contributed by atoms with Gasteiger partial charge in [-0.25, -0.2) is 0 Å². The number of carbonyl (C=O) groups is 1. The highest BCUT2D eigenvalue weighted by Gasteiger charge is 2.49. The highest BCUT2D eigenvalue weighted by molar-refractivity contribution is 5.85. The van der Waals surface area contributed by atoms with E-state index in [0.29, 0.717) is 12.3 Å². The predicted octanol–water partition coefficient (Wildman–Crippen LogP) is 2.56. The van der Waals surface area contributed by atoms with Gasteiger partial charge in [-0.05, 0) is 49.1 Å². The topological polar surface area (TPSA) is 76.6 Å². The summed E-state index contributed by atoms with van der Waals surface area (Å²) in [7, 11) is 0. The van der Waals surface area contributed by atoms with E-state index in [1.54, 1.807) is 0 Å². The molecule has 5 heteroatoms. The molecule has 3 heterocycles. The first kappa shape index (κ1) is 15.4. The van der Waals surface area contributed by atoms with Crippen LogP contribution in [0.4, 0.5) is 0 Å². The number of aromatic nitrogens is 1. The van der Waals surface area contributed by atoms with Crippen LogP contribution in [0, 0.1) is 17.8 Å². The number of benzene rings is 1. The molecule has 1 aromatic carbocycles. The van der Waals surface area contributed by atoms with Gasteiger partial charge < -0.3 is 15.2 Å². The van der Waals surface area contributed by atoms with Gasteiger partial charge in [0.1, 0.15) is 0 Å². The molecule has 2 aromatic rings. The minimum absolute atomic E-state index is 0.0693. The number of rotatable bonds is 1. The average Bonchev–Trinajstić information content (AvgIpc) is 2.99. The fourth-order valence-electron chi connectivity index (χ4n) is 5.68. The van der Waals surface area contributed by atoms with Gasteiger partial charge in [0.05, 0.1) is 18.1 Å². The summed E-state index contributed by atoms with van der Waals surface area (Å²) < 4.78 is 0. The number of aliphatic hydroxyl groups excluding tert-OH is 1. The van der Waals surface area contributed by atoms with Gasteiger partial charge in [-0.15, -0.1) is 0 Å². The first-order valence-corrected chi connectivity index (χ1v) is 9.38. The molecule has 25 heavy (non-hydrogen) atoms. The van der Waals surface area contributed by atoms with Gasteiger partial charge in [0.25, 0.3) is 0 Å². The number of H-pyrrole nitrogens is 1. The van der Waals surface area contributed by atoms with Crippen LogP contribution in [0.15, 0.2) is 24.3 Å². The number of para-hydroxylation sites is 1. The number of aliphatic carboxylic acids is 1. The first-order valence-electron chi connectivity index (χ1n) is 9.38. The van der Waals surface area contributed by atoms with Crippen LogP contribution in [-0.4, -0.2) is 45.3 Å². The fraction of sp³-hybridized carbons (Fsp3) is 0.550. The van der Waals surface area contributed by atoms with Crippen molar-refractivity contribution in [1.82, 2.24) is 9.88 Å². The Labute approximate surface area is 146 Å². The Morgan fingerprint density at radius 2 is 2.08 bits per heavy atom. The van der Waals surface area contributed by atoms with Crippen molar-refractivity contribution in [1.29, 1.82) is 0 Å². The van der Waals surface area contributed by atoms with Crippen LogP contribution in [-0.2, 0) is 11.2 Å². The Balaban J connectivity index is 1.54. The second-order valence-electron chi connectivity index (χ2n) is 7.99. The zero-order valence-electron chi connectivity index (χ0n) is 14.2. The quantitative estimate of drug-likeness (QED) is 0.746. The number of hydrogen-bond donors (Lipinski definition) is 3. The second-order valence-corrected chi connectivity index (χ2v) is 7.99. The van der Waals surface area contributed by atoms with Gasteiger partial charge in [0, 0.05) is 29.7 Å². The van der Waals surface area contributed by atoms with Gasteiger partial charge >= 0.3 is 5.97 Å². The monoisotopic (exact) mass is 340 g/mol. The van der Waals surface area contributed by atoms with E-state index >= 15 is 0 Å². The van der Waals surface area contributed by atoms with Crippen molar-refractivity contribution >= 4 is 16.9 Å². The lowest BCUT2D eigenvalue weighted by Crippen LogP contribution is -2.53. The number of carboxylic acids is 1. The van der Waals surface area contributed by atoms with Crippen molar-refractivity contribution in [3.63, 3.8) is 0 Å². The third-order valence-electron chi connectivity index (χ3n) is 6.83. The van der Waals surface area contributed by atoms with E-state index in [0.717, 1.165) is 32.4 Å². The third kappa shape index (κ3) is 2.26. The van der Waals surface area contributed by atoms with Crippen molar-refractivity contribution in [2.24, 2.45) is 17.8 Å². The standard InChI is InChI=1S/C20H24N2O3/c23-17-6-5-11-10-22-8-7-13-12-3-1-2-4-15(12)21-19(13)16(22)9-14(11)18(17)20(24)25/h1-4,11,14,16-18,21,23H,5-10H2,(H,24,25)/t11-,14+,16-,17-,18+/m1/s1. The molecule has 5 atom stereocenters. The van der Waals surface area contributed by atoms with Gasteiger partial charge in [-0.2, -0.15) is 0 Å². The van der Waals surface area contributed by atoms with Crippen LogP contribution in [0.1, 0.15) is 36.6 Å². The zero-order valence-corrected chi connectivity index (χ0v) is 14.2. The molecule has 3 N–H and O–H groups in total. The number of aliphatic hydroxyl groups is 1. The molecule has 0 amide bonds.